The summed E-state index contributed by atoms with van der Waals surface area (Å²) in [7, 11) is 1.80. The van der Waals surface area contributed by atoms with E-state index in [1.807, 2.05) is 6.92 Å². The number of likely N-dealkylation sites (N-methyl/N-ethyl adjacent to an activating group) is 2. The lowest BCUT2D eigenvalue weighted by atomic mass is 10.1. The molecular weight excluding hydrogens is 220 g/mol. The van der Waals surface area contributed by atoms with Crippen LogP contribution >= 0.6 is 0 Å². The lowest BCUT2D eigenvalue weighted by molar-refractivity contribution is -0.138. The molecule has 0 aromatic carbocycles. The first kappa shape index (κ1) is 14.0. The van der Waals surface area contributed by atoms with E-state index in [0.29, 0.717) is 12.3 Å². The maximum Gasteiger partial charge on any atom is 0.303 e. The first-order chi connectivity index (χ1) is 7.95. The third kappa shape index (κ3) is 3.70. The Morgan fingerprint density at radius 3 is 2.65 bits per heavy atom. The van der Waals surface area contributed by atoms with E-state index in [9.17, 15) is 9.59 Å². The molecule has 0 aliphatic carbocycles. The average molecular weight is 242 g/mol. The number of carboxylic acid groups (broad SMARTS) is 1. The van der Waals surface area contributed by atoms with Gasteiger partial charge in [-0.3, -0.25) is 14.5 Å². The summed E-state index contributed by atoms with van der Waals surface area (Å²) in [4.78, 5) is 26.6. The summed E-state index contributed by atoms with van der Waals surface area (Å²) < 4.78 is 0. The Labute approximate surface area is 102 Å². The minimum atomic E-state index is -0.839. The van der Waals surface area contributed by atoms with Crippen LogP contribution in [0, 0.1) is 5.92 Å². The number of carbonyl (C=O) groups excluding carboxylic acids is 1. The Bertz CT molecular complexity index is 293. The van der Waals surface area contributed by atoms with E-state index >= 15 is 0 Å². The van der Waals surface area contributed by atoms with E-state index in [4.69, 9.17) is 5.11 Å². The maximum atomic E-state index is 12.2. The summed E-state index contributed by atoms with van der Waals surface area (Å²) in [6, 6.07) is -0.272. The Hall–Kier alpha value is -1.10. The SMILES string of the molecule is CCN1CC(C)CN(C)C(=O)C1CCC(=O)O. The fourth-order valence-electron chi connectivity index (χ4n) is 2.47. The van der Waals surface area contributed by atoms with Gasteiger partial charge >= 0.3 is 5.97 Å². The number of rotatable bonds is 4. The summed E-state index contributed by atoms with van der Waals surface area (Å²) in [5.41, 5.74) is 0. The highest BCUT2D eigenvalue weighted by Crippen LogP contribution is 2.17. The number of nitrogens with zero attached hydrogens (tertiary/aromatic N) is 2. The predicted octanol–water partition coefficient (Wildman–Crippen LogP) is 0.650. The van der Waals surface area contributed by atoms with Gasteiger partial charge in [-0.25, -0.2) is 0 Å². The van der Waals surface area contributed by atoms with Gasteiger partial charge in [-0.1, -0.05) is 13.8 Å². The van der Waals surface area contributed by atoms with Gasteiger partial charge in [0.05, 0.1) is 6.04 Å². The highest BCUT2D eigenvalue weighted by atomic mass is 16.4. The lowest BCUT2D eigenvalue weighted by Crippen LogP contribution is -2.45. The second kappa shape index (κ2) is 6.00. The summed E-state index contributed by atoms with van der Waals surface area (Å²) >= 11 is 0. The Balaban J connectivity index is 2.77. The molecule has 0 saturated carbocycles. The van der Waals surface area contributed by atoms with Crippen molar-refractivity contribution in [2.75, 3.05) is 26.7 Å². The van der Waals surface area contributed by atoms with E-state index in [2.05, 4.69) is 11.8 Å². The zero-order valence-electron chi connectivity index (χ0n) is 10.8. The number of hydrogen-bond acceptors (Lipinski definition) is 3. The molecule has 2 unspecified atom stereocenters. The molecule has 5 heteroatoms. The molecular formula is C12H22N2O3. The van der Waals surface area contributed by atoms with Crippen LogP contribution in [0.4, 0.5) is 0 Å². The predicted molar refractivity (Wildman–Crippen MR) is 64.7 cm³/mol. The molecule has 5 nitrogen and oxygen atoms in total. The van der Waals surface area contributed by atoms with Gasteiger partial charge in [0.1, 0.15) is 0 Å². The van der Waals surface area contributed by atoms with Crippen molar-refractivity contribution in [3.8, 4) is 0 Å². The number of carboxylic acids is 1. The minimum Gasteiger partial charge on any atom is -0.481 e. The van der Waals surface area contributed by atoms with Crippen LogP contribution in [-0.2, 0) is 9.59 Å². The third-order valence-electron chi connectivity index (χ3n) is 3.27. The van der Waals surface area contributed by atoms with E-state index in [0.717, 1.165) is 19.6 Å². The molecule has 1 saturated heterocycles. The highest BCUT2D eigenvalue weighted by molar-refractivity contribution is 5.82. The van der Waals surface area contributed by atoms with Crippen molar-refractivity contribution in [3.63, 3.8) is 0 Å². The van der Waals surface area contributed by atoms with Crippen molar-refractivity contribution >= 4 is 11.9 Å². The van der Waals surface area contributed by atoms with Crippen LogP contribution in [0.3, 0.4) is 0 Å². The van der Waals surface area contributed by atoms with Crippen molar-refractivity contribution in [3.05, 3.63) is 0 Å². The van der Waals surface area contributed by atoms with Crippen LogP contribution in [0.5, 0.6) is 0 Å². The molecule has 0 bridgehead atoms. The fraction of sp³-hybridized carbons (Fsp3) is 0.833. The molecule has 1 heterocycles. The Morgan fingerprint density at radius 2 is 2.12 bits per heavy atom. The average Bonchev–Trinajstić information content (AvgIpc) is 2.35. The molecule has 2 atom stereocenters. The van der Waals surface area contributed by atoms with E-state index in [1.165, 1.54) is 0 Å². The second-order valence-electron chi connectivity index (χ2n) is 4.86. The molecule has 0 radical (unpaired) electrons. The Morgan fingerprint density at radius 1 is 1.47 bits per heavy atom. The summed E-state index contributed by atoms with van der Waals surface area (Å²) in [5, 5.41) is 8.73. The zero-order valence-corrected chi connectivity index (χ0v) is 10.8. The van der Waals surface area contributed by atoms with Crippen molar-refractivity contribution in [2.24, 2.45) is 5.92 Å². The third-order valence-corrected chi connectivity index (χ3v) is 3.27. The van der Waals surface area contributed by atoms with Gasteiger partial charge in [0, 0.05) is 26.6 Å². The summed E-state index contributed by atoms with van der Waals surface area (Å²) in [6.07, 6.45) is 0.453. The van der Waals surface area contributed by atoms with Crippen molar-refractivity contribution in [1.29, 1.82) is 0 Å². The van der Waals surface area contributed by atoms with Crippen LogP contribution in [-0.4, -0.2) is 59.5 Å². The van der Waals surface area contributed by atoms with Crippen molar-refractivity contribution < 1.29 is 14.7 Å². The smallest absolute Gasteiger partial charge is 0.303 e. The maximum absolute atomic E-state index is 12.2. The zero-order chi connectivity index (χ0) is 13.0. The fourth-order valence-corrected chi connectivity index (χ4v) is 2.47. The summed E-state index contributed by atoms with van der Waals surface area (Å²) in [5.74, 6) is -0.357. The van der Waals surface area contributed by atoms with Crippen LogP contribution in [0.2, 0.25) is 0 Å². The first-order valence-electron chi connectivity index (χ1n) is 6.16. The lowest BCUT2D eigenvalue weighted by Gasteiger charge is -2.28. The quantitative estimate of drug-likeness (QED) is 0.786. The normalized spacial score (nSPS) is 27.0. The van der Waals surface area contributed by atoms with Crippen molar-refractivity contribution in [1.82, 2.24) is 9.80 Å². The standard InChI is InChI=1S/C12H22N2O3/c1-4-14-8-9(2)7-13(3)12(17)10(14)5-6-11(15)16/h9-10H,4-8H2,1-3H3,(H,15,16). The second-order valence-corrected chi connectivity index (χ2v) is 4.86. The number of hydrogen-bond donors (Lipinski definition) is 1. The van der Waals surface area contributed by atoms with Crippen LogP contribution in [0.1, 0.15) is 26.7 Å². The molecule has 1 N–H and O–H groups in total. The monoisotopic (exact) mass is 242 g/mol. The molecule has 0 aromatic heterocycles. The number of carbonyl (C=O) groups is 2. The van der Waals surface area contributed by atoms with E-state index in [1.54, 1.807) is 11.9 Å². The highest BCUT2D eigenvalue weighted by Gasteiger charge is 2.32. The Kier molecular flexibility index (Phi) is 4.93. The molecule has 1 rings (SSSR count). The topological polar surface area (TPSA) is 60.9 Å². The molecule has 1 amide bonds. The van der Waals surface area contributed by atoms with Gasteiger partial charge in [0.25, 0.3) is 0 Å². The van der Waals surface area contributed by atoms with Crippen molar-refractivity contribution in [2.45, 2.75) is 32.7 Å². The molecule has 0 aromatic rings. The number of aliphatic carboxylic acids is 1. The minimum absolute atomic E-state index is 0.0507. The van der Waals surface area contributed by atoms with Gasteiger partial charge in [-0.05, 0) is 18.9 Å². The largest absolute Gasteiger partial charge is 0.481 e. The van der Waals surface area contributed by atoms with Crippen LogP contribution in [0.15, 0.2) is 0 Å². The van der Waals surface area contributed by atoms with Gasteiger partial charge in [0.2, 0.25) is 5.91 Å². The van der Waals surface area contributed by atoms with E-state index < -0.39 is 5.97 Å². The molecule has 98 valence electrons. The molecule has 17 heavy (non-hydrogen) atoms. The van der Waals surface area contributed by atoms with Gasteiger partial charge in [-0.2, -0.15) is 0 Å². The molecule has 1 aliphatic rings. The first-order valence-corrected chi connectivity index (χ1v) is 6.16. The van der Waals surface area contributed by atoms with E-state index in [-0.39, 0.29) is 18.4 Å². The number of amides is 1. The van der Waals surface area contributed by atoms with Crippen LogP contribution < -0.4 is 0 Å². The molecule has 0 spiro atoms. The molecule has 1 fully saturated rings. The van der Waals surface area contributed by atoms with Gasteiger partial charge in [0.15, 0.2) is 0 Å². The molecule has 1 aliphatic heterocycles. The summed E-state index contributed by atoms with van der Waals surface area (Å²) in [6.45, 7) is 6.52. The van der Waals surface area contributed by atoms with Gasteiger partial charge in [-0.15, -0.1) is 0 Å². The van der Waals surface area contributed by atoms with Gasteiger partial charge < -0.3 is 10.0 Å². The van der Waals surface area contributed by atoms with Crippen LogP contribution in [0.25, 0.3) is 0 Å².